The van der Waals surface area contributed by atoms with E-state index < -0.39 is 35.6 Å². The van der Waals surface area contributed by atoms with Crippen molar-refractivity contribution in [2.75, 3.05) is 5.32 Å². The minimum atomic E-state index is -4.54. The Balaban J connectivity index is 1.94. The summed E-state index contributed by atoms with van der Waals surface area (Å²) >= 11 is 0. The highest BCUT2D eigenvalue weighted by molar-refractivity contribution is 5.97. The number of benzene rings is 2. The van der Waals surface area contributed by atoms with Crippen LogP contribution < -0.4 is 16.0 Å². The number of hydrogen-bond acceptors (Lipinski definition) is 2. The predicted molar refractivity (Wildman–Crippen MR) is 93.6 cm³/mol. The molecule has 0 aliphatic carbocycles. The molecule has 3 rings (SSSR count). The van der Waals surface area contributed by atoms with Crippen molar-refractivity contribution < 1.29 is 22.8 Å². The van der Waals surface area contributed by atoms with Gasteiger partial charge in [-0.2, -0.15) is 13.2 Å². The van der Waals surface area contributed by atoms with Crippen molar-refractivity contribution >= 4 is 17.6 Å². The summed E-state index contributed by atoms with van der Waals surface area (Å²) in [6.45, 7) is 3.70. The Morgan fingerprint density at radius 1 is 1.07 bits per heavy atom. The lowest BCUT2D eigenvalue weighted by Gasteiger charge is -2.34. The Labute approximate surface area is 153 Å². The molecule has 1 heterocycles. The summed E-state index contributed by atoms with van der Waals surface area (Å²) in [4.78, 5) is 24.6. The normalized spacial score (nSPS) is 19.8. The molecule has 0 spiro atoms. The van der Waals surface area contributed by atoms with E-state index in [0.717, 1.165) is 12.1 Å². The molecule has 1 saturated heterocycles. The summed E-state index contributed by atoms with van der Waals surface area (Å²) in [6, 6.07) is 11.5. The molecule has 140 valence electrons. The van der Waals surface area contributed by atoms with Crippen LogP contribution in [0, 0.1) is 5.92 Å². The van der Waals surface area contributed by atoms with Crippen molar-refractivity contribution in [3.8, 4) is 0 Å². The second-order valence-electron chi connectivity index (χ2n) is 6.06. The van der Waals surface area contributed by atoms with Crippen LogP contribution in [0.5, 0.6) is 0 Å². The van der Waals surface area contributed by atoms with Crippen LogP contribution in [0.3, 0.4) is 0 Å². The third-order valence-electron chi connectivity index (χ3n) is 4.17. The van der Waals surface area contributed by atoms with Gasteiger partial charge in [0.2, 0.25) is 5.91 Å². The van der Waals surface area contributed by atoms with Gasteiger partial charge in [0.25, 0.3) is 0 Å². The molecular weight excluding hydrogens is 359 g/mol. The Bertz CT molecular complexity index is 881. The van der Waals surface area contributed by atoms with E-state index in [1.807, 2.05) is 0 Å². The van der Waals surface area contributed by atoms with Crippen LogP contribution in [0.15, 0.2) is 66.9 Å². The Hall–Kier alpha value is -3.29. The summed E-state index contributed by atoms with van der Waals surface area (Å²) in [5, 5.41) is 7.62. The standard InChI is InChI=1S/C19H16F3N3O2/c1-11-15(17(26)24-14-8-3-2-4-9-14)16(25-18(27)23-11)12-6-5-7-13(10-12)19(20,21)22/h2-10,15-16H,1H2,(H,24,26)(H2,23,25,27)/t15-,16+/m0/s1. The molecule has 5 nitrogen and oxygen atoms in total. The van der Waals surface area contributed by atoms with Crippen molar-refractivity contribution in [1.29, 1.82) is 0 Å². The van der Waals surface area contributed by atoms with Crippen LogP contribution in [0.1, 0.15) is 17.2 Å². The summed E-state index contributed by atoms with van der Waals surface area (Å²) < 4.78 is 39.1. The fraction of sp³-hybridized carbons (Fsp3) is 0.158. The Morgan fingerprint density at radius 3 is 2.44 bits per heavy atom. The number of amides is 3. The molecule has 1 aliphatic rings. The van der Waals surface area contributed by atoms with Gasteiger partial charge in [0.1, 0.15) is 5.92 Å². The van der Waals surface area contributed by atoms with Gasteiger partial charge in [0.15, 0.2) is 0 Å². The molecule has 1 fully saturated rings. The number of nitrogens with one attached hydrogen (secondary N) is 3. The molecule has 2 aromatic rings. The molecule has 3 N–H and O–H groups in total. The molecular formula is C19H16F3N3O2. The highest BCUT2D eigenvalue weighted by Crippen LogP contribution is 2.35. The third-order valence-corrected chi connectivity index (χ3v) is 4.17. The predicted octanol–water partition coefficient (Wildman–Crippen LogP) is 3.83. The molecule has 3 amide bonds. The maximum atomic E-state index is 13.0. The van der Waals surface area contributed by atoms with E-state index in [9.17, 15) is 22.8 Å². The monoisotopic (exact) mass is 375 g/mol. The molecule has 0 radical (unpaired) electrons. The number of hydrogen-bond donors (Lipinski definition) is 3. The van der Waals surface area contributed by atoms with Gasteiger partial charge >= 0.3 is 12.2 Å². The summed E-state index contributed by atoms with van der Waals surface area (Å²) in [7, 11) is 0. The Morgan fingerprint density at radius 2 is 1.78 bits per heavy atom. The first kappa shape index (κ1) is 18.5. The minimum Gasteiger partial charge on any atom is -0.330 e. The van der Waals surface area contributed by atoms with Gasteiger partial charge in [0.05, 0.1) is 11.6 Å². The fourth-order valence-electron chi connectivity index (χ4n) is 2.92. The zero-order valence-electron chi connectivity index (χ0n) is 14.0. The number of alkyl halides is 3. The van der Waals surface area contributed by atoms with Crippen LogP contribution >= 0.6 is 0 Å². The number of carbonyl (C=O) groups excluding carboxylic acids is 2. The van der Waals surface area contributed by atoms with Crippen molar-refractivity contribution in [3.63, 3.8) is 0 Å². The number of rotatable bonds is 3. The van der Waals surface area contributed by atoms with Gasteiger partial charge in [-0.15, -0.1) is 0 Å². The lowest BCUT2D eigenvalue weighted by atomic mass is 9.87. The maximum Gasteiger partial charge on any atom is 0.416 e. The average molecular weight is 375 g/mol. The van der Waals surface area contributed by atoms with E-state index in [0.29, 0.717) is 5.69 Å². The van der Waals surface area contributed by atoms with E-state index >= 15 is 0 Å². The molecule has 1 aliphatic heterocycles. The molecule has 27 heavy (non-hydrogen) atoms. The maximum absolute atomic E-state index is 13.0. The van der Waals surface area contributed by atoms with Crippen molar-refractivity contribution in [2.24, 2.45) is 5.92 Å². The zero-order valence-corrected chi connectivity index (χ0v) is 14.0. The van der Waals surface area contributed by atoms with Gasteiger partial charge in [-0.1, -0.05) is 36.9 Å². The lowest BCUT2D eigenvalue weighted by Crippen LogP contribution is -2.51. The first-order chi connectivity index (χ1) is 12.8. The molecule has 2 aromatic carbocycles. The van der Waals surface area contributed by atoms with E-state index in [4.69, 9.17) is 0 Å². The second-order valence-corrected chi connectivity index (χ2v) is 6.06. The highest BCUT2D eigenvalue weighted by atomic mass is 19.4. The van der Waals surface area contributed by atoms with Gasteiger partial charge < -0.3 is 16.0 Å². The summed E-state index contributed by atoms with van der Waals surface area (Å²) in [6.07, 6.45) is -4.54. The van der Waals surface area contributed by atoms with Crippen LogP contribution in [-0.4, -0.2) is 11.9 Å². The zero-order chi connectivity index (χ0) is 19.6. The topological polar surface area (TPSA) is 70.2 Å². The number of carbonyl (C=O) groups is 2. The quantitative estimate of drug-likeness (QED) is 0.763. The number of anilines is 1. The second kappa shape index (κ2) is 7.14. The largest absolute Gasteiger partial charge is 0.416 e. The smallest absolute Gasteiger partial charge is 0.330 e. The van der Waals surface area contributed by atoms with Crippen LogP contribution in [-0.2, 0) is 11.0 Å². The van der Waals surface area contributed by atoms with Crippen molar-refractivity contribution in [1.82, 2.24) is 10.6 Å². The fourth-order valence-corrected chi connectivity index (χ4v) is 2.92. The van der Waals surface area contributed by atoms with Gasteiger partial charge in [-0.3, -0.25) is 4.79 Å². The van der Waals surface area contributed by atoms with Crippen molar-refractivity contribution in [2.45, 2.75) is 12.2 Å². The third kappa shape index (κ3) is 4.11. The lowest BCUT2D eigenvalue weighted by molar-refractivity contribution is -0.137. The van der Waals surface area contributed by atoms with E-state index in [2.05, 4.69) is 22.5 Å². The van der Waals surface area contributed by atoms with Gasteiger partial charge in [-0.25, -0.2) is 4.79 Å². The molecule has 0 saturated carbocycles. The SMILES string of the molecule is C=C1NC(=O)N[C@H](c2cccc(C(F)(F)F)c2)[C@H]1C(=O)Nc1ccccc1. The van der Waals surface area contributed by atoms with E-state index in [-0.39, 0.29) is 11.3 Å². The molecule has 0 unspecified atom stereocenters. The van der Waals surface area contributed by atoms with Crippen LogP contribution in [0.2, 0.25) is 0 Å². The number of halogens is 3. The molecule has 0 aromatic heterocycles. The number of para-hydroxylation sites is 1. The first-order valence-electron chi connectivity index (χ1n) is 8.05. The summed E-state index contributed by atoms with van der Waals surface area (Å²) in [5.41, 5.74) is -0.0702. The minimum absolute atomic E-state index is 0.106. The Kier molecular flexibility index (Phi) is 4.89. The average Bonchev–Trinajstić information content (AvgIpc) is 2.61. The number of urea groups is 1. The molecule has 0 bridgehead atoms. The highest BCUT2D eigenvalue weighted by Gasteiger charge is 2.39. The van der Waals surface area contributed by atoms with Gasteiger partial charge in [0, 0.05) is 11.4 Å². The van der Waals surface area contributed by atoms with Crippen LogP contribution in [0.25, 0.3) is 0 Å². The summed E-state index contributed by atoms with van der Waals surface area (Å²) in [5.74, 6) is -1.49. The van der Waals surface area contributed by atoms with Crippen LogP contribution in [0.4, 0.5) is 23.7 Å². The van der Waals surface area contributed by atoms with E-state index in [1.54, 1.807) is 30.3 Å². The van der Waals surface area contributed by atoms with Gasteiger partial charge in [-0.05, 0) is 29.8 Å². The van der Waals surface area contributed by atoms with Crippen molar-refractivity contribution in [3.05, 3.63) is 78.0 Å². The first-order valence-corrected chi connectivity index (χ1v) is 8.05. The molecule has 2 atom stereocenters. The van der Waals surface area contributed by atoms with E-state index in [1.165, 1.54) is 12.1 Å². The molecule has 8 heteroatoms.